The summed E-state index contributed by atoms with van der Waals surface area (Å²) in [5, 5.41) is 1.90. The van der Waals surface area contributed by atoms with Gasteiger partial charge in [0.25, 0.3) is 11.5 Å². The number of nitrogens with zero attached hydrogens (tertiary/aromatic N) is 3. The standard InChI is InChI=1S/C23H28N4O3S/c28-22-18-14-27(23(29)20-6-3-11-31-20)9-7-19(18)24-21(25-22)17-5-1-8-26(13-17)12-16-4-2-10-30-15-16/h3-4,6,11,17H,1-2,5,7-10,12-15H2,(H,24,25,28)/t17-/m0/s1. The minimum Gasteiger partial charge on any atom is -0.377 e. The van der Waals surface area contributed by atoms with Crippen molar-refractivity contribution in [2.75, 3.05) is 39.4 Å². The van der Waals surface area contributed by atoms with Crippen LogP contribution in [0.1, 0.15) is 51.9 Å². The Kier molecular flexibility index (Phi) is 6.02. The van der Waals surface area contributed by atoms with Crippen LogP contribution in [0.4, 0.5) is 0 Å². The summed E-state index contributed by atoms with van der Waals surface area (Å²) in [5.74, 6) is 1.04. The Labute approximate surface area is 185 Å². The molecule has 3 aliphatic rings. The molecular formula is C23H28N4O3S. The molecule has 5 heterocycles. The third-order valence-corrected chi connectivity index (χ3v) is 7.27. The lowest BCUT2D eigenvalue weighted by Gasteiger charge is -2.34. The van der Waals surface area contributed by atoms with Crippen LogP contribution in [0.2, 0.25) is 0 Å². The number of ether oxygens (including phenoxy) is 1. The zero-order valence-electron chi connectivity index (χ0n) is 17.6. The second-order valence-corrected chi connectivity index (χ2v) is 9.56. The van der Waals surface area contributed by atoms with Crippen molar-refractivity contribution in [2.24, 2.45) is 0 Å². The highest BCUT2D eigenvalue weighted by molar-refractivity contribution is 7.12. The summed E-state index contributed by atoms with van der Waals surface area (Å²) in [7, 11) is 0. The minimum absolute atomic E-state index is 0.00644. The van der Waals surface area contributed by atoms with Crippen molar-refractivity contribution in [3.63, 3.8) is 0 Å². The van der Waals surface area contributed by atoms with E-state index in [0.717, 1.165) is 63.6 Å². The molecule has 3 aliphatic heterocycles. The number of aromatic nitrogens is 2. The number of carbonyl (C=O) groups excluding carboxylic acids is 1. The predicted molar refractivity (Wildman–Crippen MR) is 120 cm³/mol. The van der Waals surface area contributed by atoms with Gasteiger partial charge in [0.05, 0.1) is 35.9 Å². The molecule has 2 aromatic heterocycles. The summed E-state index contributed by atoms with van der Waals surface area (Å²) in [6, 6.07) is 3.71. The predicted octanol–water partition coefficient (Wildman–Crippen LogP) is 2.56. The number of amides is 1. The van der Waals surface area contributed by atoms with Gasteiger partial charge in [-0.25, -0.2) is 4.98 Å². The summed E-state index contributed by atoms with van der Waals surface area (Å²) in [6.45, 7) is 5.40. The molecule has 31 heavy (non-hydrogen) atoms. The zero-order chi connectivity index (χ0) is 21.2. The molecule has 164 valence electrons. The van der Waals surface area contributed by atoms with Gasteiger partial charge >= 0.3 is 0 Å². The first-order chi connectivity index (χ1) is 15.2. The monoisotopic (exact) mass is 440 g/mol. The van der Waals surface area contributed by atoms with Gasteiger partial charge in [0.2, 0.25) is 0 Å². The topological polar surface area (TPSA) is 78.5 Å². The molecule has 0 aromatic carbocycles. The molecule has 0 bridgehead atoms. The molecule has 1 saturated heterocycles. The van der Waals surface area contributed by atoms with Gasteiger partial charge in [-0.3, -0.25) is 14.5 Å². The van der Waals surface area contributed by atoms with Gasteiger partial charge < -0.3 is 14.6 Å². The Bertz CT molecular complexity index is 1030. The van der Waals surface area contributed by atoms with E-state index in [4.69, 9.17) is 9.72 Å². The minimum atomic E-state index is -0.0933. The number of hydrogen-bond acceptors (Lipinski definition) is 6. The van der Waals surface area contributed by atoms with Gasteiger partial charge in [0.1, 0.15) is 5.82 Å². The molecule has 5 rings (SSSR count). The van der Waals surface area contributed by atoms with E-state index < -0.39 is 0 Å². The largest absolute Gasteiger partial charge is 0.377 e. The molecule has 0 radical (unpaired) electrons. The van der Waals surface area contributed by atoms with Crippen molar-refractivity contribution in [2.45, 2.75) is 38.1 Å². The normalized spacial score (nSPS) is 22.1. The smallest absolute Gasteiger partial charge is 0.264 e. The van der Waals surface area contributed by atoms with Crippen LogP contribution in [0.15, 0.2) is 34.0 Å². The number of piperidine rings is 1. The number of rotatable bonds is 4. The fourth-order valence-electron chi connectivity index (χ4n) is 4.80. The lowest BCUT2D eigenvalue weighted by Crippen LogP contribution is -2.41. The van der Waals surface area contributed by atoms with E-state index in [1.54, 1.807) is 4.90 Å². The van der Waals surface area contributed by atoms with Gasteiger partial charge in [-0.05, 0) is 42.8 Å². The fourth-order valence-corrected chi connectivity index (χ4v) is 5.49. The summed E-state index contributed by atoms with van der Waals surface area (Å²) >= 11 is 1.43. The molecule has 1 fully saturated rings. The Morgan fingerprint density at radius 3 is 3.10 bits per heavy atom. The van der Waals surface area contributed by atoms with E-state index in [2.05, 4.69) is 16.0 Å². The Morgan fingerprint density at radius 2 is 2.29 bits per heavy atom. The number of fused-ring (bicyclic) bond motifs is 1. The Balaban J connectivity index is 1.29. The van der Waals surface area contributed by atoms with Crippen molar-refractivity contribution in [3.8, 4) is 0 Å². The lowest BCUT2D eigenvalue weighted by molar-refractivity contribution is 0.0737. The number of carbonyl (C=O) groups is 1. The molecule has 1 amide bonds. The zero-order valence-corrected chi connectivity index (χ0v) is 18.5. The fraction of sp³-hybridized carbons (Fsp3) is 0.522. The highest BCUT2D eigenvalue weighted by atomic mass is 32.1. The molecule has 0 saturated carbocycles. The number of thiophene rings is 1. The van der Waals surface area contributed by atoms with Crippen LogP contribution < -0.4 is 5.56 Å². The maximum atomic E-state index is 12.9. The molecule has 0 unspecified atom stereocenters. The summed E-state index contributed by atoms with van der Waals surface area (Å²) in [4.78, 5) is 38.4. The van der Waals surface area contributed by atoms with E-state index >= 15 is 0 Å². The van der Waals surface area contributed by atoms with Crippen molar-refractivity contribution in [1.29, 1.82) is 0 Å². The summed E-state index contributed by atoms with van der Waals surface area (Å²) in [5.41, 5.74) is 2.75. The van der Waals surface area contributed by atoms with Crippen LogP contribution in [0.3, 0.4) is 0 Å². The van der Waals surface area contributed by atoms with Crippen LogP contribution in [0.25, 0.3) is 0 Å². The number of likely N-dealkylation sites (tertiary alicyclic amines) is 1. The highest BCUT2D eigenvalue weighted by Gasteiger charge is 2.29. The van der Waals surface area contributed by atoms with Crippen LogP contribution in [-0.4, -0.2) is 65.1 Å². The second kappa shape index (κ2) is 9.06. The number of H-pyrrole nitrogens is 1. The number of hydrogen-bond donors (Lipinski definition) is 1. The van der Waals surface area contributed by atoms with Gasteiger partial charge in [0, 0.05) is 32.0 Å². The molecule has 8 heteroatoms. The van der Waals surface area contributed by atoms with E-state index in [0.29, 0.717) is 30.0 Å². The van der Waals surface area contributed by atoms with E-state index in [1.807, 2.05) is 17.5 Å². The summed E-state index contributed by atoms with van der Waals surface area (Å²) < 4.78 is 5.58. The molecule has 1 atom stereocenters. The molecule has 0 aliphatic carbocycles. The van der Waals surface area contributed by atoms with Crippen LogP contribution in [-0.2, 0) is 17.7 Å². The SMILES string of the molecule is O=C(c1cccs1)N1CCc2nc([C@H]3CCCN(CC4=CCCOC4)C3)[nH]c(=O)c2C1. The van der Waals surface area contributed by atoms with Crippen molar-refractivity contribution < 1.29 is 9.53 Å². The van der Waals surface area contributed by atoms with Crippen LogP contribution in [0.5, 0.6) is 0 Å². The third kappa shape index (κ3) is 4.51. The highest BCUT2D eigenvalue weighted by Crippen LogP contribution is 2.26. The first-order valence-corrected chi connectivity index (χ1v) is 12.0. The molecule has 7 nitrogen and oxygen atoms in total. The molecule has 1 N–H and O–H groups in total. The third-order valence-electron chi connectivity index (χ3n) is 6.41. The van der Waals surface area contributed by atoms with Crippen LogP contribution in [0, 0.1) is 0 Å². The van der Waals surface area contributed by atoms with E-state index in [9.17, 15) is 9.59 Å². The number of aromatic amines is 1. The maximum absolute atomic E-state index is 12.9. The van der Waals surface area contributed by atoms with Gasteiger partial charge in [-0.15, -0.1) is 11.3 Å². The van der Waals surface area contributed by atoms with E-state index in [-0.39, 0.29) is 17.4 Å². The van der Waals surface area contributed by atoms with Crippen molar-refractivity contribution >= 4 is 17.2 Å². The van der Waals surface area contributed by atoms with E-state index in [1.165, 1.54) is 16.9 Å². The second-order valence-electron chi connectivity index (χ2n) is 8.61. The van der Waals surface area contributed by atoms with Gasteiger partial charge in [-0.2, -0.15) is 0 Å². The first-order valence-electron chi connectivity index (χ1n) is 11.1. The average molecular weight is 441 g/mol. The molecule has 0 spiro atoms. The van der Waals surface area contributed by atoms with Crippen molar-refractivity contribution in [1.82, 2.24) is 19.8 Å². The molecular weight excluding hydrogens is 412 g/mol. The van der Waals surface area contributed by atoms with Crippen LogP contribution >= 0.6 is 11.3 Å². The number of nitrogens with one attached hydrogen (secondary N) is 1. The van der Waals surface area contributed by atoms with Gasteiger partial charge in [-0.1, -0.05) is 12.1 Å². The Hall–Kier alpha value is -2.29. The summed E-state index contributed by atoms with van der Waals surface area (Å²) in [6.07, 6.45) is 6.07. The van der Waals surface area contributed by atoms with Gasteiger partial charge in [0.15, 0.2) is 0 Å². The average Bonchev–Trinajstić information content (AvgIpc) is 3.34. The molecule has 2 aromatic rings. The maximum Gasteiger partial charge on any atom is 0.264 e. The quantitative estimate of drug-likeness (QED) is 0.740. The Morgan fingerprint density at radius 1 is 1.35 bits per heavy atom. The van der Waals surface area contributed by atoms with Crippen molar-refractivity contribution in [3.05, 3.63) is 61.5 Å². The lowest BCUT2D eigenvalue weighted by atomic mass is 9.95. The first kappa shape index (κ1) is 20.6.